The summed E-state index contributed by atoms with van der Waals surface area (Å²) in [6.07, 6.45) is 4.13. The Morgan fingerprint density at radius 2 is 2.00 bits per heavy atom. The molecule has 0 N–H and O–H groups in total. The summed E-state index contributed by atoms with van der Waals surface area (Å²) in [4.78, 5) is 17.8. The van der Waals surface area contributed by atoms with Gasteiger partial charge in [0.2, 0.25) is 0 Å². The highest BCUT2D eigenvalue weighted by molar-refractivity contribution is 7.92. The molecule has 1 aromatic heterocycles. The maximum absolute atomic E-state index is 12.5. The Kier molecular flexibility index (Phi) is 3.85. The van der Waals surface area contributed by atoms with Crippen molar-refractivity contribution in [1.82, 2.24) is 9.97 Å². The summed E-state index contributed by atoms with van der Waals surface area (Å²) in [5, 5.41) is 10.7. The van der Waals surface area contributed by atoms with E-state index in [1.165, 1.54) is 44.7 Å². The van der Waals surface area contributed by atoms with Crippen LogP contribution in [0.1, 0.15) is 5.56 Å². The zero-order chi connectivity index (χ0) is 15.6. The third kappa shape index (κ3) is 2.82. The van der Waals surface area contributed by atoms with E-state index in [0.717, 1.165) is 10.4 Å². The summed E-state index contributed by atoms with van der Waals surface area (Å²) >= 11 is 0. The molecule has 21 heavy (non-hydrogen) atoms. The second-order valence-corrected chi connectivity index (χ2v) is 6.18. The second kappa shape index (κ2) is 5.44. The topological polar surface area (TPSA) is 106 Å². The predicted molar refractivity (Wildman–Crippen MR) is 75.5 cm³/mol. The van der Waals surface area contributed by atoms with Gasteiger partial charge in [0, 0.05) is 31.6 Å². The first kappa shape index (κ1) is 14.9. The van der Waals surface area contributed by atoms with E-state index >= 15 is 0 Å². The highest BCUT2D eigenvalue weighted by atomic mass is 32.2. The van der Waals surface area contributed by atoms with Crippen LogP contribution in [0.4, 0.5) is 11.5 Å². The smallest absolute Gasteiger partial charge is 0.259 e. The lowest BCUT2D eigenvalue weighted by Gasteiger charge is -2.18. The zero-order valence-corrected chi connectivity index (χ0v) is 12.1. The lowest BCUT2D eigenvalue weighted by molar-refractivity contribution is -0.385. The van der Waals surface area contributed by atoms with Gasteiger partial charge in [0.25, 0.3) is 15.7 Å². The number of hydrogen-bond donors (Lipinski definition) is 0. The molecule has 8 nitrogen and oxygen atoms in total. The summed E-state index contributed by atoms with van der Waals surface area (Å²) in [5.74, 6) is 0.162. The van der Waals surface area contributed by atoms with Crippen molar-refractivity contribution in [3.05, 3.63) is 52.5 Å². The molecule has 0 bridgehead atoms. The van der Waals surface area contributed by atoms with Gasteiger partial charge in [-0.15, -0.1) is 0 Å². The fraction of sp³-hybridized carbons (Fsp3) is 0.167. The fourth-order valence-electron chi connectivity index (χ4n) is 1.76. The van der Waals surface area contributed by atoms with Gasteiger partial charge in [0.1, 0.15) is 0 Å². The van der Waals surface area contributed by atoms with Gasteiger partial charge in [0.05, 0.1) is 16.0 Å². The minimum atomic E-state index is -3.86. The number of aromatic nitrogens is 2. The van der Waals surface area contributed by atoms with Crippen LogP contribution in [0.5, 0.6) is 0 Å². The van der Waals surface area contributed by atoms with Crippen molar-refractivity contribution in [3.63, 3.8) is 0 Å². The molecule has 110 valence electrons. The van der Waals surface area contributed by atoms with Crippen LogP contribution >= 0.6 is 0 Å². The number of non-ortho nitro benzene ring substituents is 1. The van der Waals surface area contributed by atoms with E-state index in [2.05, 4.69) is 9.97 Å². The molecule has 0 radical (unpaired) electrons. The van der Waals surface area contributed by atoms with Gasteiger partial charge in [-0.25, -0.2) is 13.4 Å². The van der Waals surface area contributed by atoms with Crippen molar-refractivity contribution >= 4 is 21.5 Å². The van der Waals surface area contributed by atoms with Gasteiger partial charge in [-0.1, -0.05) is 0 Å². The normalized spacial score (nSPS) is 11.1. The largest absolute Gasteiger partial charge is 0.269 e. The lowest BCUT2D eigenvalue weighted by Crippen LogP contribution is -2.28. The SMILES string of the molecule is Cc1cc([N+](=O)[O-])ccc1S(=O)(=O)N(C)c1cnccn1. The molecule has 0 unspecified atom stereocenters. The maximum atomic E-state index is 12.5. The van der Waals surface area contributed by atoms with Gasteiger partial charge < -0.3 is 0 Å². The van der Waals surface area contributed by atoms with Crippen molar-refractivity contribution in [2.24, 2.45) is 0 Å². The molecule has 9 heteroatoms. The molecule has 0 saturated heterocycles. The molecule has 2 rings (SSSR count). The monoisotopic (exact) mass is 308 g/mol. The number of benzene rings is 1. The average Bonchev–Trinajstić information content (AvgIpc) is 2.46. The van der Waals surface area contributed by atoms with Crippen molar-refractivity contribution in [2.45, 2.75) is 11.8 Å². The molecule has 0 aliphatic heterocycles. The molecular formula is C12H12N4O4S. The minimum absolute atomic E-state index is 0.0127. The molecular weight excluding hydrogens is 296 g/mol. The highest BCUT2D eigenvalue weighted by Gasteiger charge is 2.25. The van der Waals surface area contributed by atoms with Crippen LogP contribution in [-0.4, -0.2) is 30.4 Å². The second-order valence-electron chi connectivity index (χ2n) is 4.24. The van der Waals surface area contributed by atoms with Gasteiger partial charge in [-0.05, 0) is 18.6 Å². The predicted octanol–water partition coefficient (Wildman–Crippen LogP) is 1.52. The van der Waals surface area contributed by atoms with Gasteiger partial charge in [0.15, 0.2) is 5.82 Å². The van der Waals surface area contributed by atoms with Crippen LogP contribution in [0, 0.1) is 17.0 Å². The molecule has 1 aromatic carbocycles. The number of rotatable bonds is 4. The van der Waals surface area contributed by atoms with Crippen molar-refractivity contribution in [1.29, 1.82) is 0 Å². The Hall–Kier alpha value is -2.55. The van der Waals surface area contributed by atoms with Gasteiger partial charge in [-0.3, -0.25) is 19.4 Å². The first-order valence-electron chi connectivity index (χ1n) is 5.84. The standard InChI is InChI=1S/C12H12N4O4S/c1-9-7-10(16(17)18)3-4-11(9)21(19,20)15(2)12-8-13-5-6-14-12/h3-8H,1-2H3. The minimum Gasteiger partial charge on any atom is -0.259 e. The van der Waals surface area contributed by atoms with Gasteiger partial charge >= 0.3 is 0 Å². The summed E-state index contributed by atoms with van der Waals surface area (Å²) < 4.78 is 26.0. The molecule has 0 atom stereocenters. The molecule has 0 saturated carbocycles. The van der Waals surface area contributed by atoms with Crippen molar-refractivity contribution in [3.8, 4) is 0 Å². The van der Waals surface area contributed by atoms with Crippen LogP contribution in [0.3, 0.4) is 0 Å². The number of nitrogens with zero attached hydrogens (tertiary/aromatic N) is 4. The number of anilines is 1. The Morgan fingerprint density at radius 3 is 2.52 bits per heavy atom. The van der Waals surface area contributed by atoms with E-state index in [9.17, 15) is 18.5 Å². The molecule has 0 amide bonds. The van der Waals surface area contributed by atoms with Crippen LogP contribution in [0.25, 0.3) is 0 Å². The van der Waals surface area contributed by atoms with Crippen LogP contribution in [0.15, 0.2) is 41.7 Å². The van der Waals surface area contributed by atoms with Crippen LogP contribution in [0.2, 0.25) is 0 Å². The number of nitro groups is 1. The number of hydrogen-bond acceptors (Lipinski definition) is 6. The molecule has 0 aliphatic rings. The Labute approximate surface area is 121 Å². The highest BCUT2D eigenvalue weighted by Crippen LogP contribution is 2.25. The van der Waals surface area contributed by atoms with Crippen LogP contribution < -0.4 is 4.31 Å². The van der Waals surface area contributed by atoms with E-state index in [0.29, 0.717) is 5.56 Å². The summed E-state index contributed by atoms with van der Waals surface area (Å²) in [7, 11) is -2.51. The van der Waals surface area contributed by atoms with Crippen LogP contribution in [-0.2, 0) is 10.0 Å². The molecule has 1 heterocycles. The van der Waals surface area contributed by atoms with E-state index in [1.54, 1.807) is 0 Å². The first-order valence-corrected chi connectivity index (χ1v) is 7.28. The molecule has 0 spiro atoms. The van der Waals surface area contributed by atoms with E-state index in [1.807, 2.05) is 0 Å². The van der Waals surface area contributed by atoms with Gasteiger partial charge in [-0.2, -0.15) is 0 Å². The van der Waals surface area contributed by atoms with Crippen molar-refractivity contribution in [2.75, 3.05) is 11.4 Å². The van der Waals surface area contributed by atoms with E-state index in [4.69, 9.17) is 0 Å². The number of aryl methyl sites for hydroxylation is 1. The summed E-state index contributed by atoms with van der Waals surface area (Å²) in [6, 6.07) is 3.59. The lowest BCUT2D eigenvalue weighted by atomic mass is 10.2. The molecule has 0 fully saturated rings. The fourth-order valence-corrected chi connectivity index (χ4v) is 3.10. The molecule has 2 aromatic rings. The van der Waals surface area contributed by atoms with E-state index < -0.39 is 14.9 Å². The Morgan fingerprint density at radius 1 is 1.29 bits per heavy atom. The maximum Gasteiger partial charge on any atom is 0.269 e. The Bertz CT molecular complexity index is 777. The molecule has 0 aliphatic carbocycles. The average molecular weight is 308 g/mol. The summed E-state index contributed by atoms with van der Waals surface area (Å²) in [5.41, 5.74) is 0.133. The van der Waals surface area contributed by atoms with Crippen molar-refractivity contribution < 1.29 is 13.3 Å². The third-order valence-corrected chi connectivity index (χ3v) is 4.80. The first-order chi connectivity index (χ1) is 9.84. The van der Waals surface area contributed by atoms with E-state index in [-0.39, 0.29) is 16.4 Å². The quantitative estimate of drug-likeness (QED) is 0.626. The number of nitro benzene ring substituents is 1. The number of sulfonamides is 1. The summed E-state index contributed by atoms with van der Waals surface area (Å²) in [6.45, 7) is 1.50. The zero-order valence-electron chi connectivity index (χ0n) is 11.3. The third-order valence-electron chi connectivity index (χ3n) is 2.88. The Balaban J connectivity index is 2.47.